The highest BCUT2D eigenvalue weighted by Crippen LogP contribution is 2.03. The summed E-state index contributed by atoms with van der Waals surface area (Å²) in [6.45, 7) is 9.15. The molecule has 6 nitrogen and oxygen atoms in total. The van der Waals surface area contributed by atoms with Crippen molar-refractivity contribution in [3.63, 3.8) is 0 Å². The van der Waals surface area contributed by atoms with E-state index in [1.807, 2.05) is 20.8 Å². The van der Waals surface area contributed by atoms with Crippen LogP contribution in [0.15, 0.2) is 0 Å². The maximum Gasteiger partial charge on any atom is 0.315 e. The lowest BCUT2D eigenvalue weighted by Crippen LogP contribution is -2.47. The van der Waals surface area contributed by atoms with Crippen molar-refractivity contribution in [2.24, 2.45) is 11.8 Å². The second-order valence-corrected chi connectivity index (χ2v) is 5.07. The number of aliphatic carboxylic acids is 1. The average Bonchev–Trinajstić information content (AvgIpc) is 2.30. The molecule has 0 spiro atoms. The molecule has 19 heavy (non-hydrogen) atoms. The number of nitrogens with one attached hydrogen (secondary N) is 2. The Balaban J connectivity index is 4.02. The minimum Gasteiger partial charge on any atom is -0.481 e. The number of rotatable bonds is 9. The van der Waals surface area contributed by atoms with Gasteiger partial charge in [-0.05, 0) is 18.8 Å². The van der Waals surface area contributed by atoms with E-state index in [9.17, 15) is 9.59 Å². The van der Waals surface area contributed by atoms with Crippen molar-refractivity contribution in [3.8, 4) is 0 Å². The molecule has 2 amide bonds. The van der Waals surface area contributed by atoms with Crippen LogP contribution in [0.25, 0.3) is 0 Å². The topological polar surface area (TPSA) is 87.7 Å². The molecule has 0 saturated carbocycles. The van der Waals surface area contributed by atoms with E-state index in [1.54, 1.807) is 6.92 Å². The van der Waals surface area contributed by atoms with E-state index in [4.69, 9.17) is 9.84 Å². The van der Waals surface area contributed by atoms with E-state index in [2.05, 4.69) is 10.6 Å². The Morgan fingerprint density at radius 2 is 1.89 bits per heavy atom. The predicted octanol–water partition coefficient (Wildman–Crippen LogP) is 1.46. The number of hydrogen-bond donors (Lipinski definition) is 3. The van der Waals surface area contributed by atoms with Gasteiger partial charge in [-0.1, -0.05) is 20.8 Å². The molecule has 2 unspecified atom stereocenters. The van der Waals surface area contributed by atoms with Crippen LogP contribution in [-0.4, -0.2) is 42.9 Å². The largest absolute Gasteiger partial charge is 0.481 e. The number of carbonyl (C=O) groups excluding carboxylic acids is 1. The third-order valence-electron chi connectivity index (χ3n) is 2.76. The Kier molecular flexibility index (Phi) is 8.95. The molecule has 0 fully saturated rings. The lowest BCUT2D eigenvalue weighted by molar-refractivity contribution is -0.137. The average molecular weight is 274 g/mol. The molecule has 6 heteroatoms. The molecule has 112 valence electrons. The number of carbonyl (C=O) groups is 2. The molecule has 0 aliphatic heterocycles. The smallest absolute Gasteiger partial charge is 0.315 e. The normalized spacial score (nSPS) is 13.9. The molecular weight excluding hydrogens is 248 g/mol. The molecule has 0 bridgehead atoms. The first-order valence-electron chi connectivity index (χ1n) is 6.70. The predicted molar refractivity (Wildman–Crippen MR) is 73.1 cm³/mol. The number of carboxylic acid groups (broad SMARTS) is 1. The Hall–Kier alpha value is -1.30. The third kappa shape index (κ3) is 9.30. The zero-order valence-corrected chi connectivity index (χ0v) is 12.2. The van der Waals surface area contributed by atoms with Gasteiger partial charge in [-0.2, -0.15) is 0 Å². The molecule has 0 aromatic carbocycles. The molecule has 0 heterocycles. The summed E-state index contributed by atoms with van der Waals surface area (Å²) in [4.78, 5) is 22.2. The fourth-order valence-electron chi connectivity index (χ4n) is 1.50. The molecule has 0 rings (SSSR count). The fraction of sp³-hybridized carbons (Fsp3) is 0.846. The summed E-state index contributed by atoms with van der Waals surface area (Å²) in [6.07, 6.45) is 0.0484. The summed E-state index contributed by atoms with van der Waals surface area (Å²) >= 11 is 0. The lowest BCUT2D eigenvalue weighted by atomic mass is 10.1. The van der Waals surface area contributed by atoms with Crippen LogP contribution in [0, 0.1) is 11.8 Å². The SMILES string of the molecule is CCOCC(NC(=O)NCC(C)CC(=O)O)C(C)C. The number of hydrogen-bond acceptors (Lipinski definition) is 3. The summed E-state index contributed by atoms with van der Waals surface area (Å²) in [5, 5.41) is 14.1. The molecule has 0 aliphatic rings. The number of ether oxygens (including phenoxy) is 1. The van der Waals surface area contributed by atoms with Crippen molar-refractivity contribution < 1.29 is 19.4 Å². The van der Waals surface area contributed by atoms with Crippen molar-refractivity contribution in [1.82, 2.24) is 10.6 Å². The summed E-state index contributed by atoms with van der Waals surface area (Å²) in [7, 11) is 0. The molecule has 0 aliphatic carbocycles. The minimum atomic E-state index is -0.855. The molecule has 2 atom stereocenters. The highest BCUT2D eigenvalue weighted by Gasteiger charge is 2.16. The van der Waals surface area contributed by atoms with Gasteiger partial charge in [0.05, 0.1) is 12.6 Å². The zero-order chi connectivity index (χ0) is 14.8. The number of amides is 2. The van der Waals surface area contributed by atoms with Crippen molar-refractivity contribution in [2.45, 2.75) is 40.2 Å². The van der Waals surface area contributed by atoms with Crippen molar-refractivity contribution in [3.05, 3.63) is 0 Å². The van der Waals surface area contributed by atoms with Gasteiger partial charge in [-0.25, -0.2) is 4.79 Å². The number of urea groups is 1. The Bertz CT molecular complexity index is 282. The molecular formula is C13H26N2O4. The van der Waals surface area contributed by atoms with E-state index in [0.717, 1.165) is 0 Å². The van der Waals surface area contributed by atoms with Crippen molar-refractivity contribution in [2.75, 3.05) is 19.8 Å². The van der Waals surface area contributed by atoms with Crippen molar-refractivity contribution in [1.29, 1.82) is 0 Å². The van der Waals surface area contributed by atoms with Crippen LogP contribution >= 0.6 is 0 Å². The lowest BCUT2D eigenvalue weighted by Gasteiger charge is -2.22. The quantitative estimate of drug-likeness (QED) is 0.594. The van der Waals surface area contributed by atoms with Gasteiger partial charge in [0.25, 0.3) is 0 Å². The van der Waals surface area contributed by atoms with E-state index < -0.39 is 5.97 Å². The number of carboxylic acids is 1. The summed E-state index contributed by atoms with van der Waals surface area (Å²) in [6, 6.07) is -0.328. The van der Waals surface area contributed by atoms with Crippen LogP contribution in [-0.2, 0) is 9.53 Å². The third-order valence-corrected chi connectivity index (χ3v) is 2.76. The molecule has 3 N–H and O–H groups in total. The second-order valence-electron chi connectivity index (χ2n) is 5.07. The van der Waals surface area contributed by atoms with Crippen LogP contribution in [0.4, 0.5) is 4.79 Å². The summed E-state index contributed by atoms with van der Waals surface area (Å²) in [5.41, 5.74) is 0. The van der Waals surface area contributed by atoms with Crippen molar-refractivity contribution >= 4 is 12.0 Å². The van der Waals surface area contributed by atoms with Gasteiger partial charge in [-0.15, -0.1) is 0 Å². The maximum atomic E-state index is 11.7. The zero-order valence-electron chi connectivity index (χ0n) is 12.2. The van der Waals surface area contributed by atoms with Gasteiger partial charge >= 0.3 is 12.0 Å². The molecule has 0 radical (unpaired) electrons. The van der Waals surface area contributed by atoms with E-state index in [-0.39, 0.29) is 30.3 Å². The van der Waals surface area contributed by atoms with Gasteiger partial charge < -0.3 is 20.5 Å². The van der Waals surface area contributed by atoms with E-state index >= 15 is 0 Å². The van der Waals surface area contributed by atoms with Gasteiger partial charge in [-0.3, -0.25) is 4.79 Å². The van der Waals surface area contributed by atoms with Gasteiger partial charge in [0.1, 0.15) is 0 Å². The molecule has 0 aromatic rings. The minimum absolute atomic E-state index is 0.0465. The Morgan fingerprint density at radius 3 is 2.37 bits per heavy atom. The van der Waals surface area contributed by atoms with Crippen LogP contribution in [0.1, 0.15) is 34.1 Å². The second kappa shape index (κ2) is 9.61. The van der Waals surface area contributed by atoms with Gasteiger partial charge in [0, 0.05) is 19.6 Å². The maximum absolute atomic E-state index is 11.7. The standard InChI is InChI=1S/C13H26N2O4/c1-5-19-8-11(9(2)3)15-13(18)14-7-10(4)6-12(16)17/h9-11H,5-8H2,1-4H3,(H,16,17)(H2,14,15,18). The first-order chi connectivity index (χ1) is 8.86. The summed E-state index contributed by atoms with van der Waals surface area (Å²) < 4.78 is 5.32. The molecule has 0 saturated heterocycles. The Morgan fingerprint density at radius 1 is 1.26 bits per heavy atom. The Labute approximate surface area is 114 Å². The van der Waals surface area contributed by atoms with Crippen LogP contribution < -0.4 is 10.6 Å². The van der Waals surface area contributed by atoms with Crippen LogP contribution in [0.3, 0.4) is 0 Å². The summed E-state index contributed by atoms with van der Waals surface area (Å²) in [5.74, 6) is -0.674. The van der Waals surface area contributed by atoms with Crippen LogP contribution in [0.2, 0.25) is 0 Å². The first kappa shape index (κ1) is 17.7. The van der Waals surface area contributed by atoms with E-state index in [1.165, 1.54) is 0 Å². The highest BCUT2D eigenvalue weighted by atomic mass is 16.5. The van der Waals surface area contributed by atoms with Gasteiger partial charge in [0.15, 0.2) is 0 Å². The van der Waals surface area contributed by atoms with E-state index in [0.29, 0.717) is 19.8 Å². The van der Waals surface area contributed by atoms with Crippen LogP contribution in [0.5, 0.6) is 0 Å². The van der Waals surface area contributed by atoms with Gasteiger partial charge in [0.2, 0.25) is 0 Å². The first-order valence-corrected chi connectivity index (χ1v) is 6.70. The molecule has 0 aromatic heterocycles. The fourth-order valence-corrected chi connectivity index (χ4v) is 1.50. The highest BCUT2D eigenvalue weighted by molar-refractivity contribution is 5.74. The monoisotopic (exact) mass is 274 g/mol.